The molecule has 0 bridgehead atoms. The number of carbonyl (C=O) groups is 2. The van der Waals surface area contributed by atoms with E-state index in [0.717, 1.165) is 6.08 Å². The highest BCUT2D eigenvalue weighted by Crippen LogP contribution is 2.28. The molecule has 4 nitrogen and oxygen atoms in total. The van der Waals surface area contributed by atoms with Crippen LogP contribution < -0.4 is 5.32 Å². The molecule has 1 aromatic rings. The van der Waals surface area contributed by atoms with Gasteiger partial charge in [-0.2, -0.15) is 13.2 Å². The lowest BCUT2D eigenvalue weighted by Gasteiger charge is -2.28. The van der Waals surface area contributed by atoms with Gasteiger partial charge in [0.1, 0.15) is 6.04 Å². The van der Waals surface area contributed by atoms with Gasteiger partial charge in [-0.15, -0.1) is 6.58 Å². The van der Waals surface area contributed by atoms with Crippen LogP contribution in [-0.2, 0) is 9.53 Å². The number of amides is 1. The molecule has 0 aliphatic carbocycles. The molecule has 0 unspecified atom stereocenters. The van der Waals surface area contributed by atoms with Crippen LogP contribution in [0.25, 0.3) is 0 Å². The van der Waals surface area contributed by atoms with Gasteiger partial charge in [0.25, 0.3) is 0 Å². The number of hydrogen-bond donors (Lipinski definition) is 1. The first-order valence-corrected chi connectivity index (χ1v) is 7.12. The fourth-order valence-electron chi connectivity index (χ4n) is 2.03. The zero-order valence-electron chi connectivity index (χ0n) is 12.9. The van der Waals surface area contributed by atoms with Gasteiger partial charge < -0.3 is 10.1 Å². The fraction of sp³-hybridized carbons (Fsp3) is 0.294. The van der Waals surface area contributed by atoms with Gasteiger partial charge in [-0.1, -0.05) is 30.9 Å². The smallest absolute Gasteiger partial charge is 0.409 e. The van der Waals surface area contributed by atoms with Crippen LogP contribution in [0.4, 0.5) is 13.2 Å². The van der Waals surface area contributed by atoms with Gasteiger partial charge in [-0.3, -0.25) is 4.79 Å². The van der Waals surface area contributed by atoms with Crippen molar-refractivity contribution in [3.8, 4) is 0 Å². The van der Waals surface area contributed by atoms with Crippen LogP contribution in [-0.4, -0.2) is 30.7 Å². The summed E-state index contributed by atoms with van der Waals surface area (Å²) in [5.74, 6) is -2.89. The number of rotatable bonds is 8. The summed E-state index contributed by atoms with van der Waals surface area (Å²) < 4.78 is 44.6. The number of nitrogens with one attached hydrogen (secondary N) is 1. The highest BCUT2D eigenvalue weighted by Gasteiger charge is 2.45. The Morgan fingerprint density at radius 1 is 1.21 bits per heavy atom. The molecule has 1 aromatic carbocycles. The molecule has 1 rings (SSSR count). The summed E-state index contributed by atoms with van der Waals surface area (Å²) in [6.07, 6.45) is -2.77. The van der Waals surface area contributed by atoms with Crippen molar-refractivity contribution in [2.24, 2.45) is 5.92 Å². The molecule has 0 radical (unpaired) electrons. The highest BCUT2D eigenvalue weighted by atomic mass is 19.4. The first-order chi connectivity index (χ1) is 11.3. The summed E-state index contributed by atoms with van der Waals surface area (Å²) in [6, 6.07) is 5.73. The number of allylic oxidation sites excluding steroid dienone is 1. The molecule has 0 fully saturated rings. The van der Waals surface area contributed by atoms with E-state index in [0.29, 0.717) is 0 Å². The highest BCUT2D eigenvalue weighted by molar-refractivity contribution is 5.89. The number of carbonyl (C=O) groups excluding carboxylic acids is 2. The second-order valence-corrected chi connectivity index (χ2v) is 4.98. The number of ether oxygens (including phenoxy) is 1. The monoisotopic (exact) mass is 341 g/mol. The van der Waals surface area contributed by atoms with E-state index in [1.807, 2.05) is 5.32 Å². The van der Waals surface area contributed by atoms with E-state index in [1.54, 1.807) is 18.2 Å². The van der Waals surface area contributed by atoms with E-state index in [2.05, 4.69) is 13.2 Å². The first kappa shape index (κ1) is 19.5. The maximum absolute atomic E-state index is 13.2. The molecule has 0 aromatic heterocycles. The molecule has 0 saturated carbocycles. The molecule has 2 atom stereocenters. The Kier molecular flexibility index (Phi) is 7.23. The summed E-state index contributed by atoms with van der Waals surface area (Å²) in [7, 11) is 0. The van der Waals surface area contributed by atoms with Gasteiger partial charge in [0.05, 0.1) is 12.2 Å². The van der Waals surface area contributed by atoms with Gasteiger partial charge in [-0.05, 0) is 24.6 Å². The molecule has 130 valence electrons. The largest absolute Gasteiger partial charge is 0.462 e. The normalized spacial score (nSPS) is 13.5. The minimum atomic E-state index is -4.70. The fourth-order valence-corrected chi connectivity index (χ4v) is 2.03. The Morgan fingerprint density at radius 2 is 1.83 bits per heavy atom. The summed E-state index contributed by atoms with van der Waals surface area (Å²) >= 11 is 0. The molecular formula is C17H18F3NO3. The van der Waals surface area contributed by atoms with Gasteiger partial charge in [0.2, 0.25) is 5.91 Å². The predicted molar refractivity (Wildman–Crippen MR) is 83.2 cm³/mol. The van der Waals surface area contributed by atoms with Crippen molar-refractivity contribution in [1.29, 1.82) is 0 Å². The SMILES string of the molecule is C=CC[C@@H](COC(=O)c1ccccc1)[C@H](NC(=O)C=C)C(F)(F)F. The zero-order chi connectivity index (χ0) is 18.2. The second-order valence-electron chi connectivity index (χ2n) is 4.98. The van der Waals surface area contributed by atoms with Crippen molar-refractivity contribution in [1.82, 2.24) is 5.32 Å². The summed E-state index contributed by atoms with van der Waals surface area (Å²) in [6.45, 7) is 6.03. The van der Waals surface area contributed by atoms with E-state index in [4.69, 9.17) is 4.74 Å². The molecule has 1 N–H and O–H groups in total. The van der Waals surface area contributed by atoms with Crippen LogP contribution in [0, 0.1) is 5.92 Å². The van der Waals surface area contributed by atoms with Crippen LogP contribution in [0.3, 0.4) is 0 Å². The van der Waals surface area contributed by atoms with E-state index < -0.39 is 36.6 Å². The maximum atomic E-state index is 13.2. The average molecular weight is 341 g/mol. The van der Waals surface area contributed by atoms with Crippen molar-refractivity contribution >= 4 is 11.9 Å². The van der Waals surface area contributed by atoms with Gasteiger partial charge in [-0.25, -0.2) is 4.79 Å². The third-order valence-electron chi connectivity index (χ3n) is 3.21. The molecule has 0 saturated heterocycles. The minimum absolute atomic E-state index is 0.0936. The standard InChI is InChI=1S/C17H18F3NO3/c1-3-8-13(15(17(18,19)20)21-14(22)4-2)11-24-16(23)12-9-6-5-7-10-12/h3-7,9-10,13,15H,1-2,8,11H2,(H,21,22)/t13-,15-/m0/s1. The van der Waals surface area contributed by atoms with E-state index in [1.165, 1.54) is 18.2 Å². The lowest BCUT2D eigenvalue weighted by molar-refractivity contribution is -0.173. The maximum Gasteiger partial charge on any atom is 0.409 e. The molecule has 0 spiro atoms. The molecule has 7 heteroatoms. The minimum Gasteiger partial charge on any atom is -0.462 e. The Balaban J connectivity index is 2.85. The second kappa shape index (κ2) is 8.90. The molecule has 0 aliphatic heterocycles. The number of hydrogen-bond acceptors (Lipinski definition) is 3. The average Bonchev–Trinajstić information content (AvgIpc) is 2.56. The van der Waals surface area contributed by atoms with E-state index >= 15 is 0 Å². The number of benzene rings is 1. The quantitative estimate of drug-likeness (QED) is 0.449. The van der Waals surface area contributed by atoms with E-state index in [9.17, 15) is 22.8 Å². The van der Waals surface area contributed by atoms with Gasteiger partial charge in [0.15, 0.2) is 0 Å². The number of halogens is 3. The van der Waals surface area contributed by atoms with Crippen LogP contribution >= 0.6 is 0 Å². The van der Waals surface area contributed by atoms with E-state index in [-0.39, 0.29) is 12.0 Å². The Labute approximate surface area is 138 Å². The van der Waals surface area contributed by atoms with Crippen molar-refractivity contribution in [2.75, 3.05) is 6.61 Å². The van der Waals surface area contributed by atoms with Crippen LogP contribution in [0.1, 0.15) is 16.8 Å². The van der Waals surface area contributed by atoms with Crippen molar-refractivity contribution in [3.63, 3.8) is 0 Å². The Bertz CT molecular complexity index is 584. The molecular weight excluding hydrogens is 323 g/mol. The summed E-state index contributed by atoms with van der Waals surface area (Å²) in [5, 5.41) is 1.83. The topological polar surface area (TPSA) is 55.4 Å². The Morgan fingerprint density at radius 3 is 2.33 bits per heavy atom. The van der Waals surface area contributed by atoms with Crippen molar-refractivity contribution in [2.45, 2.75) is 18.6 Å². The third kappa shape index (κ3) is 5.91. The predicted octanol–water partition coefficient (Wildman–Crippen LogP) is 3.27. The third-order valence-corrected chi connectivity index (χ3v) is 3.21. The van der Waals surface area contributed by atoms with Gasteiger partial charge >= 0.3 is 12.1 Å². The first-order valence-electron chi connectivity index (χ1n) is 7.12. The van der Waals surface area contributed by atoms with Crippen LogP contribution in [0.5, 0.6) is 0 Å². The summed E-state index contributed by atoms with van der Waals surface area (Å²) in [4.78, 5) is 23.1. The molecule has 0 aliphatic rings. The molecule has 0 heterocycles. The van der Waals surface area contributed by atoms with Crippen LogP contribution in [0.2, 0.25) is 0 Å². The van der Waals surface area contributed by atoms with Gasteiger partial charge in [0, 0.05) is 5.92 Å². The lowest BCUT2D eigenvalue weighted by Crippen LogP contribution is -2.51. The number of alkyl halides is 3. The summed E-state index contributed by atoms with van der Waals surface area (Å²) in [5.41, 5.74) is 0.230. The zero-order valence-corrected chi connectivity index (χ0v) is 12.9. The van der Waals surface area contributed by atoms with Crippen LogP contribution in [0.15, 0.2) is 55.6 Å². The van der Waals surface area contributed by atoms with Crippen molar-refractivity contribution in [3.05, 3.63) is 61.2 Å². The molecule has 1 amide bonds. The van der Waals surface area contributed by atoms with Crippen molar-refractivity contribution < 1.29 is 27.5 Å². The lowest BCUT2D eigenvalue weighted by atomic mass is 9.96. The number of esters is 1. The Hall–Kier alpha value is -2.57. The molecule has 24 heavy (non-hydrogen) atoms.